The second-order valence-corrected chi connectivity index (χ2v) is 3.94. The minimum atomic E-state index is -0.0748. The average Bonchev–Trinajstić information content (AvgIpc) is 2.78. The fourth-order valence-electron chi connectivity index (χ4n) is 1.97. The number of hydrogen-bond donors (Lipinski definition) is 2. The van der Waals surface area contributed by atoms with Gasteiger partial charge in [0.15, 0.2) is 0 Å². The van der Waals surface area contributed by atoms with Crippen LogP contribution in [0.1, 0.15) is 30.4 Å². The Kier molecular flexibility index (Phi) is 5.28. The van der Waals surface area contributed by atoms with Crippen LogP contribution in [0.2, 0.25) is 0 Å². The maximum absolute atomic E-state index is 8.89. The Morgan fingerprint density at radius 2 is 2.06 bits per heavy atom. The van der Waals surface area contributed by atoms with E-state index in [2.05, 4.69) is 0 Å². The second kappa shape index (κ2) is 6.25. The zero-order valence-electron chi connectivity index (χ0n) is 9.09. The predicted molar refractivity (Wildman–Crippen MR) is 62.4 cm³/mol. The summed E-state index contributed by atoms with van der Waals surface area (Å²) < 4.78 is 10.7. The number of halogens is 1. The molecule has 1 aromatic heterocycles. The lowest BCUT2D eigenvalue weighted by Gasteiger charge is -2.26. The number of ether oxygens (including phenoxy) is 1. The molecule has 1 aromatic rings. The predicted octanol–water partition coefficient (Wildman–Crippen LogP) is 1.62. The quantitative estimate of drug-likeness (QED) is 0.852. The van der Waals surface area contributed by atoms with Crippen molar-refractivity contribution in [3.05, 3.63) is 23.7 Å². The maximum atomic E-state index is 8.89. The lowest BCUT2D eigenvalue weighted by Crippen LogP contribution is -2.27. The van der Waals surface area contributed by atoms with E-state index in [1.54, 1.807) is 6.07 Å². The Labute approximate surface area is 101 Å². The molecule has 0 aromatic carbocycles. The Balaban J connectivity index is 0.00000128. The molecule has 1 aliphatic heterocycles. The number of furan rings is 1. The molecule has 1 atom stereocenters. The van der Waals surface area contributed by atoms with Gasteiger partial charge in [-0.05, 0) is 30.9 Å². The van der Waals surface area contributed by atoms with Gasteiger partial charge in [-0.1, -0.05) is 0 Å². The summed E-state index contributed by atoms with van der Waals surface area (Å²) in [6.45, 7) is 1.50. The van der Waals surface area contributed by atoms with E-state index in [1.807, 2.05) is 6.07 Å². The van der Waals surface area contributed by atoms with Crippen molar-refractivity contribution in [3.8, 4) is 0 Å². The highest BCUT2D eigenvalue weighted by Gasteiger charge is 2.24. The van der Waals surface area contributed by atoms with Gasteiger partial charge in [0.05, 0.1) is 6.04 Å². The molecule has 3 N–H and O–H groups in total. The van der Waals surface area contributed by atoms with Gasteiger partial charge in [0, 0.05) is 13.2 Å². The van der Waals surface area contributed by atoms with E-state index in [4.69, 9.17) is 20.0 Å². The van der Waals surface area contributed by atoms with Crippen molar-refractivity contribution in [2.45, 2.75) is 25.5 Å². The van der Waals surface area contributed by atoms with Crippen LogP contribution in [0, 0.1) is 5.92 Å². The normalized spacial score (nSPS) is 19.1. The molecule has 16 heavy (non-hydrogen) atoms. The van der Waals surface area contributed by atoms with Crippen LogP contribution < -0.4 is 5.73 Å². The molecule has 0 unspecified atom stereocenters. The number of aliphatic hydroxyl groups is 1. The SMILES string of the molecule is Cl.N[C@@H](c1ccc(CO)o1)C1CCOCC1. The largest absolute Gasteiger partial charge is 0.462 e. The second-order valence-electron chi connectivity index (χ2n) is 3.94. The van der Waals surface area contributed by atoms with Crippen LogP contribution in [0.4, 0.5) is 0 Å². The topological polar surface area (TPSA) is 68.6 Å². The average molecular weight is 248 g/mol. The molecule has 0 saturated carbocycles. The van der Waals surface area contributed by atoms with Gasteiger partial charge >= 0.3 is 0 Å². The molecular formula is C11H18ClNO3. The first kappa shape index (κ1) is 13.5. The summed E-state index contributed by atoms with van der Waals surface area (Å²) >= 11 is 0. The van der Waals surface area contributed by atoms with Gasteiger partial charge in [0.1, 0.15) is 18.1 Å². The van der Waals surface area contributed by atoms with Gasteiger partial charge in [0.2, 0.25) is 0 Å². The molecule has 0 amide bonds. The van der Waals surface area contributed by atoms with Crippen LogP contribution >= 0.6 is 12.4 Å². The van der Waals surface area contributed by atoms with Gasteiger partial charge in [0.25, 0.3) is 0 Å². The molecule has 0 aliphatic carbocycles. The lowest BCUT2D eigenvalue weighted by atomic mass is 9.91. The minimum Gasteiger partial charge on any atom is -0.462 e. The van der Waals surface area contributed by atoms with E-state index >= 15 is 0 Å². The number of nitrogens with two attached hydrogens (primary N) is 1. The summed E-state index contributed by atoms with van der Waals surface area (Å²) in [6.07, 6.45) is 1.96. The van der Waals surface area contributed by atoms with Crippen LogP contribution in [-0.4, -0.2) is 18.3 Å². The highest BCUT2D eigenvalue weighted by Crippen LogP contribution is 2.28. The van der Waals surface area contributed by atoms with E-state index in [9.17, 15) is 0 Å². The first-order chi connectivity index (χ1) is 7.31. The summed E-state index contributed by atoms with van der Waals surface area (Å²) in [5, 5.41) is 8.89. The number of hydrogen-bond acceptors (Lipinski definition) is 4. The van der Waals surface area contributed by atoms with E-state index in [-0.39, 0.29) is 25.1 Å². The molecule has 5 heteroatoms. The van der Waals surface area contributed by atoms with E-state index in [0.29, 0.717) is 11.7 Å². The zero-order valence-corrected chi connectivity index (χ0v) is 9.91. The van der Waals surface area contributed by atoms with Crippen LogP contribution in [-0.2, 0) is 11.3 Å². The molecule has 1 saturated heterocycles. The van der Waals surface area contributed by atoms with Gasteiger partial charge in [-0.15, -0.1) is 12.4 Å². The fourth-order valence-corrected chi connectivity index (χ4v) is 1.97. The first-order valence-electron chi connectivity index (χ1n) is 5.34. The molecule has 0 bridgehead atoms. The van der Waals surface area contributed by atoms with Crippen LogP contribution in [0.5, 0.6) is 0 Å². The highest BCUT2D eigenvalue weighted by molar-refractivity contribution is 5.85. The van der Waals surface area contributed by atoms with Crippen LogP contribution in [0.25, 0.3) is 0 Å². The third-order valence-corrected chi connectivity index (χ3v) is 2.94. The first-order valence-corrected chi connectivity index (χ1v) is 5.34. The summed E-state index contributed by atoms with van der Waals surface area (Å²) in [7, 11) is 0. The monoisotopic (exact) mass is 247 g/mol. The Hall–Kier alpha value is -0.550. The minimum absolute atomic E-state index is 0. The smallest absolute Gasteiger partial charge is 0.129 e. The lowest BCUT2D eigenvalue weighted by molar-refractivity contribution is 0.0556. The third-order valence-electron chi connectivity index (χ3n) is 2.94. The van der Waals surface area contributed by atoms with Gasteiger partial charge in [-0.3, -0.25) is 0 Å². The molecule has 0 radical (unpaired) electrons. The van der Waals surface area contributed by atoms with E-state index in [0.717, 1.165) is 31.8 Å². The standard InChI is InChI=1S/C11H17NO3.ClH/c12-11(8-3-5-14-6-4-8)10-2-1-9(7-13)15-10;/h1-2,8,11,13H,3-7,12H2;1H/t11-;/m1./s1. The van der Waals surface area contributed by atoms with Crippen molar-refractivity contribution in [2.75, 3.05) is 13.2 Å². The maximum Gasteiger partial charge on any atom is 0.129 e. The van der Waals surface area contributed by atoms with Crippen molar-refractivity contribution in [2.24, 2.45) is 11.7 Å². The van der Waals surface area contributed by atoms with E-state index < -0.39 is 0 Å². The van der Waals surface area contributed by atoms with Crippen LogP contribution in [0.3, 0.4) is 0 Å². The fraction of sp³-hybridized carbons (Fsp3) is 0.636. The molecule has 92 valence electrons. The number of rotatable bonds is 3. The summed E-state index contributed by atoms with van der Waals surface area (Å²) in [5.41, 5.74) is 6.11. The Morgan fingerprint density at radius 1 is 1.38 bits per heavy atom. The molecule has 2 heterocycles. The van der Waals surface area contributed by atoms with E-state index in [1.165, 1.54) is 0 Å². The van der Waals surface area contributed by atoms with Crippen molar-refractivity contribution in [3.63, 3.8) is 0 Å². The number of aliphatic hydroxyl groups excluding tert-OH is 1. The summed E-state index contributed by atoms with van der Waals surface area (Å²) in [6, 6.07) is 3.55. The van der Waals surface area contributed by atoms with Crippen LogP contribution in [0.15, 0.2) is 16.5 Å². The Bertz CT molecular complexity index is 310. The third kappa shape index (κ3) is 2.98. The van der Waals surface area contributed by atoms with Crippen molar-refractivity contribution >= 4 is 12.4 Å². The Morgan fingerprint density at radius 3 is 2.62 bits per heavy atom. The van der Waals surface area contributed by atoms with Gasteiger partial charge in [-0.25, -0.2) is 0 Å². The molecule has 1 fully saturated rings. The van der Waals surface area contributed by atoms with Crippen molar-refractivity contribution < 1.29 is 14.3 Å². The van der Waals surface area contributed by atoms with Crippen molar-refractivity contribution in [1.82, 2.24) is 0 Å². The molecule has 1 aliphatic rings. The molecular weight excluding hydrogens is 230 g/mol. The van der Waals surface area contributed by atoms with Crippen molar-refractivity contribution in [1.29, 1.82) is 0 Å². The molecule has 0 spiro atoms. The summed E-state index contributed by atoms with van der Waals surface area (Å²) in [5.74, 6) is 1.77. The van der Waals surface area contributed by atoms with Gasteiger partial charge in [-0.2, -0.15) is 0 Å². The highest BCUT2D eigenvalue weighted by atomic mass is 35.5. The summed E-state index contributed by atoms with van der Waals surface area (Å²) in [4.78, 5) is 0. The zero-order chi connectivity index (χ0) is 10.7. The molecule has 2 rings (SSSR count). The molecule has 4 nitrogen and oxygen atoms in total. The van der Waals surface area contributed by atoms with Gasteiger partial charge < -0.3 is 20.0 Å².